The maximum absolute atomic E-state index is 13.0. The van der Waals surface area contributed by atoms with Crippen LogP contribution in [-0.4, -0.2) is 28.9 Å². The predicted molar refractivity (Wildman–Crippen MR) is 116 cm³/mol. The number of carbonyl (C=O) groups is 2. The molecule has 0 saturated carbocycles. The fourth-order valence-corrected chi connectivity index (χ4v) is 3.90. The monoisotopic (exact) mass is 464 g/mol. The number of aromatic nitrogens is 1. The van der Waals surface area contributed by atoms with Gasteiger partial charge in [-0.1, -0.05) is 46.3 Å². The number of ketones is 1. The van der Waals surface area contributed by atoms with E-state index in [9.17, 15) is 14.7 Å². The number of nitrogens with zero attached hydrogens (tertiary/aromatic N) is 2. The number of pyridine rings is 1. The Morgan fingerprint density at radius 3 is 2.57 bits per heavy atom. The van der Waals surface area contributed by atoms with Gasteiger partial charge in [-0.15, -0.1) is 0 Å². The number of halogens is 1. The van der Waals surface area contributed by atoms with Crippen LogP contribution >= 0.6 is 15.9 Å². The van der Waals surface area contributed by atoms with Crippen molar-refractivity contribution < 1.29 is 19.4 Å². The van der Waals surface area contributed by atoms with Crippen molar-refractivity contribution in [3.63, 3.8) is 0 Å². The van der Waals surface area contributed by atoms with E-state index in [1.807, 2.05) is 18.2 Å². The number of hydrogen-bond donors (Lipinski definition) is 1. The number of rotatable bonds is 4. The van der Waals surface area contributed by atoms with Gasteiger partial charge in [0, 0.05) is 16.2 Å². The maximum atomic E-state index is 13.0. The third kappa shape index (κ3) is 3.48. The summed E-state index contributed by atoms with van der Waals surface area (Å²) in [4.78, 5) is 31.6. The Kier molecular flexibility index (Phi) is 5.37. The van der Waals surface area contributed by atoms with Crippen molar-refractivity contribution in [2.24, 2.45) is 0 Å². The van der Waals surface area contributed by atoms with Crippen molar-refractivity contribution in [3.05, 3.63) is 94.1 Å². The van der Waals surface area contributed by atoms with Gasteiger partial charge in [0.05, 0.1) is 18.7 Å². The minimum absolute atomic E-state index is 0.00277. The minimum Gasteiger partial charge on any atom is -0.507 e. The van der Waals surface area contributed by atoms with Crippen LogP contribution in [0.2, 0.25) is 0 Å². The molecule has 6 nitrogen and oxygen atoms in total. The summed E-state index contributed by atoms with van der Waals surface area (Å²) in [6.07, 6.45) is 1.55. The van der Waals surface area contributed by atoms with Gasteiger partial charge < -0.3 is 9.84 Å². The van der Waals surface area contributed by atoms with Crippen LogP contribution in [0.3, 0.4) is 0 Å². The molecular formula is C23H17BrN2O4. The van der Waals surface area contributed by atoms with E-state index < -0.39 is 17.7 Å². The number of aliphatic hydroxyl groups is 1. The van der Waals surface area contributed by atoms with E-state index in [1.165, 1.54) is 12.0 Å². The standard InChI is InChI=1S/C23H17BrN2O4/c1-30-17-9-5-7-15(13-17)21(27)19-20(14-6-4-8-16(24)12-14)26(23(29)22(19)28)18-10-2-3-11-25-18/h2-13,20,27H,1H3. The zero-order valence-corrected chi connectivity index (χ0v) is 17.5. The highest BCUT2D eigenvalue weighted by atomic mass is 79.9. The summed E-state index contributed by atoms with van der Waals surface area (Å²) in [6.45, 7) is 0. The summed E-state index contributed by atoms with van der Waals surface area (Å²) in [5.41, 5.74) is 1.05. The molecule has 4 rings (SSSR count). The van der Waals surface area contributed by atoms with Gasteiger partial charge in [0.25, 0.3) is 5.78 Å². The second-order valence-corrected chi connectivity index (χ2v) is 7.56. The molecule has 7 heteroatoms. The van der Waals surface area contributed by atoms with Crippen LogP contribution < -0.4 is 9.64 Å². The Morgan fingerprint density at radius 1 is 1.07 bits per heavy atom. The molecule has 1 amide bonds. The van der Waals surface area contributed by atoms with E-state index in [-0.39, 0.29) is 11.3 Å². The number of amides is 1. The molecule has 2 heterocycles. The largest absolute Gasteiger partial charge is 0.507 e. The normalized spacial score (nSPS) is 17.9. The number of anilines is 1. The summed E-state index contributed by atoms with van der Waals surface area (Å²) < 4.78 is 6.01. The second kappa shape index (κ2) is 8.12. The highest BCUT2D eigenvalue weighted by molar-refractivity contribution is 9.10. The van der Waals surface area contributed by atoms with Crippen molar-refractivity contribution >= 4 is 39.2 Å². The van der Waals surface area contributed by atoms with E-state index in [0.717, 1.165) is 4.47 Å². The molecule has 1 saturated heterocycles. The molecule has 0 bridgehead atoms. The number of aliphatic hydroxyl groups excluding tert-OH is 1. The third-order valence-electron chi connectivity index (χ3n) is 4.85. The van der Waals surface area contributed by atoms with Gasteiger partial charge in [-0.25, -0.2) is 4.98 Å². The third-order valence-corrected chi connectivity index (χ3v) is 5.34. The first kappa shape index (κ1) is 19.8. The van der Waals surface area contributed by atoms with Gasteiger partial charge in [-0.05, 0) is 42.0 Å². The first-order chi connectivity index (χ1) is 14.5. The highest BCUT2D eigenvalue weighted by Gasteiger charge is 2.47. The Morgan fingerprint density at radius 2 is 1.87 bits per heavy atom. The van der Waals surface area contributed by atoms with Gasteiger partial charge in [0.15, 0.2) is 0 Å². The quantitative estimate of drug-likeness (QED) is 0.349. The van der Waals surface area contributed by atoms with Crippen molar-refractivity contribution in [3.8, 4) is 5.75 Å². The topological polar surface area (TPSA) is 79.7 Å². The van der Waals surface area contributed by atoms with Crippen LogP contribution in [0.1, 0.15) is 17.2 Å². The van der Waals surface area contributed by atoms with Crippen LogP contribution in [0.5, 0.6) is 5.75 Å². The predicted octanol–water partition coefficient (Wildman–Crippen LogP) is 4.48. The lowest BCUT2D eigenvalue weighted by Crippen LogP contribution is -2.30. The molecule has 2 aromatic carbocycles. The van der Waals surface area contributed by atoms with Crippen molar-refractivity contribution in [1.29, 1.82) is 0 Å². The molecular weight excluding hydrogens is 448 g/mol. The number of hydrogen-bond acceptors (Lipinski definition) is 5. The number of ether oxygens (including phenoxy) is 1. The molecule has 1 atom stereocenters. The summed E-state index contributed by atoms with van der Waals surface area (Å²) in [7, 11) is 1.51. The van der Waals surface area contributed by atoms with Crippen LogP contribution in [0.4, 0.5) is 5.82 Å². The van der Waals surface area contributed by atoms with Gasteiger partial charge in [0.1, 0.15) is 17.3 Å². The number of methoxy groups -OCH3 is 1. The first-order valence-corrected chi connectivity index (χ1v) is 9.92. The lowest BCUT2D eigenvalue weighted by Gasteiger charge is -2.24. The lowest BCUT2D eigenvalue weighted by molar-refractivity contribution is -0.132. The number of Topliss-reactive ketones (excluding diaryl/α,β-unsaturated/α-hetero) is 1. The fourth-order valence-electron chi connectivity index (χ4n) is 3.48. The summed E-state index contributed by atoms with van der Waals surface area (Å²) in [6, 6.07) is 18.3. The number of benzene rings is 2. The molecule has 0 spiro atoms. The molecule has 30 heavy (non-hydrogen) atoms. The minimum atomic E-state index is -0.830. The summed E-state index contributed by atoms with van der Waals surface area (Å²) in [5, 5.41) is 11.1. The summed E-state index contributed by atoms with van der Waals surface area (Å²) >= 11 is 3.44. The average molecular weight is 465 g/mol. The van der Waals surface area contributed by atoms with Crippen molar-refractivity contribution in [1.82, 2.24) is 4.98 Å². The van der Waals surface area contributed by atoms with Gasteiger partial charge in [-0.3, -0.25) is 14.5 Å². The fraction of sp³-hybridized carbons (Fsp3) is 0.0870. The second-order valence-electron chi connectivity index (χ2n) is 6.64. The van der Waals surface area contributed by atoms with E-state index in [1.54, 1.807) is 54.7 Å². The van der Waals surface area contributed by atoms with Crippen LogP contribution in [0.15, 0.2) is 83.0 Å². The van der Waals surface area contributed by atoms with E-state index >= 15 is 0 Å². The molecule has 1 unspecified atom stereocenters. The molecule has 1 aromatic heterocycles. The molecule has 1 fully saturated rings. The molecule has 1 aliphatic heterocycles. The molecule has 1 aliphatic rings. The van der Waals surface area contributed by atoms with Crippen molar-refractivity contribution in [2.75, 3.05) is 12.0 Å². The van der Waals surface area contributed by atoms with E-state index in [2.05, 4.69) is 20.9 Å². The van der Waals surface area contributed by atoms with Crippen LogP contribution in [0, 0.1) is 0 Å². The van der Waals surface area contributed by atoms with Crippen LogP contribution in [-0.2, 0) is 9.59 Å². The average Bonchev–Trinajstić information content (AvgIpc) is 3.04. The zero-order chi connectivity index (χ0) is 21.3. The van der Waals surface area contributed by atoms with E-state index in [0.29, 0.717) is 22.7 Å². The van der Waals surface area contributed by atoms with Gasteiger partial charge in [0.2, 0.25) is 0 Å². The molecule has 150 valence electrons. The van der Waals surface area contributed by atoms with Gasteiger partial charge in [-0.2, -0.15) is 0 Å². The lowest BCUT2D eigenvalue weighted by atomic mass is 9.95. The maximum Gasteiger partial charge on any atom is 0.301 e. The number of carbonyl (C=O) groups excluding carboxylic acids is 2. The Balaban J connectivity index is 1.95. The van der Waals surface area contributed by atoms with E-state index in [4.69, 9.17) is 4.74 Å². The van der Waals surface area contributed by atoms with Crippen LogP contribution in [0.25, 0.3) is 5.76 Å². The zero-order valence-electron chi connectivity index (χ0n) is 15.9. The Labute approximate surface area is 181 Å². The molecule has 1 N–H and O–H groups in total. The highest BCUT2D eigenvalue weighted by Crippen LogP contribution is 2.42. The Bertz CT molecular complexity index is 1160. The van der Waals surface area contributed by atoms with Gasteiger partial charge >= 0.3 is 5.91 Å². The SMILES string of the molecule is COc1cccc(C(O)=C2C(=O)C(=O)N(c3ccccn3)C2c2cccc(Br)c2)c1. The smallest absolute Gasteiger partial charge is 0.301 e. The first-order valence-electron chi connectivity index (χ1n) is 9.13. The molecule has 0 radical (unpaired) electrons. The summed E-state index contributed by atoms with van der Waals surface area (Å²) in [5.74, 6) is -0.934. The van der Waals surface area contributed by atoms with Crippen molar-refractivity contribution in [2.45, 2.75) is 6.04 Å². The molecule has 0 aliphatic carbocycles. The Hall–Kier alpha value is -3.45. The molecule has 3 aromatic rings.